The summed E-state index contributed by atoms with van der Waals surface area (Å²) in [6.07, 6.45) is 14.0. The number of allylic oxidation sites excluding steroid dienone is 4. The number of nitrogens with one attached hydrogen (secondary N) is 1. The molecule has 0 radical (unpaired) electrons. The lowest BCUT2D eigenvalue weighted by molar-refractivity contribution is 0.273. The second-order valence-corrected chi connectivity index (χ2v) is 8.26. The van der Waals surface area contributed by atoms with Gasteiger partial charge in [-0.2, -0.15) is 9.50 Å². The van der Waals surface area contributed by atoms with Crippen LogP contribution < -0.4 is 5.56 Å². The van der Waals surface area contributed by atoms with Crippen LogP contribution in [0.3, 0.4) is 0 Å². The topological polar surface area (TPSA) is 66.3 Å². The summed E-state index contributed by atoms with van der Waals surface area (Å²) in [7, 11) is 0. The highest BCUT2D eigenvalue weighted by atomic mass is 16.1. The van der Waals surface area contributed by atoms with Gasteiger partial charge in [0.15, 0.2) is 0 Å². The van der Waals surface area contributed by atoms with Crippen LogP contribution in [0.4, 0.5) is 0 Å². The van der Waals surface area contributed by atoms with E-state index in [0.29, 0.717) is 11.7 Å². The molecule has 2 unspecified atom stereocenters. The van der Waals surface area contributed by atoms with Gasteiger partial charge in [-0.1, -0.05) is 43.6 Å². The van der Waals surface area contributed by atoms with E-state index in [1.54, 1.807) is 6.07 Å². The Hall–Kier alpha value is -2.21. The Kier molecular flexibility index (Phi) is 4.04. The van der Waals surface area contributed by atoms with E-state index < -0.39 is 0 Å². The monoisotopic (exact) mass is 365 g/mol. The van der Waals surface area contributed by atoms with Crippen molar-refractivity contribution >= 4 is 5.78 Å². The van der Waals surface area contributed by atoms with E-state index >= 15 is 0 Å². The van der Waals surface area contributed by atoms with Gasteiger partial charge in [0.05, 0.1) is 11.1 Å². The third kappa shape index (κ3) is 2.96. The van der Waals surface area contributed by atoms with Crippen LogP contribution in [0, 0.1) is 5.92 Å². The van der Waals surface area contributed by atoms with E-state index in [0.717, 1.165) is 44.0 Å². The Labute approximate surface area is 159 Å². The first kappa shape index (κ1) is 16.9. The van der Waals surface area contributed by atoms with Gasteiger partial charge in [-0.15, -0.1) is 0 Å². The summed E-state index contributed by atoms with van der Waals surface area (Å²) in [5.41, 5.74) is 2.09. The van der Waals surface area contributed by atoms with Crippen LogP contribution >= 0.6 is 0 Å². The van der Waals surface area contributed by atoms with Gasteiger partial charge in [0.25, 0.3) is 11.3 Å². The number of hydrogen-bond acceptors (Lipinski definition) is 4. The van der Waals surface area contributed by atoms with Crippen LogP contribution in [-0.4, -0.2) is 37.6 Å². The van der Waals surface area contributed by atoms with E-state index in [9.17, 15) is 4.79 Å². The van der Waals surface area contributed by atoms with Gasteiger partial charge in [0, 0.05) is 12.6 Å². The highest BCUT2D eigenvalue weighted by Crippen LogP contribution is 2.57. The van der Waals surface area contributed by atoms with Crippen LogP contribution in [-0.2, 0) is 12.0 Å². The smallest absolute Gasteiger partial charge is 0.274 e. The summed E-state index contributed by atoms with van der Waals surface area (Å²) in [5, 5.41) is 3.23. The zero-order chi connectivity index (χ0) is 18.4. The molecule has 2 atom stereocenters. The van der Waals surface area contributed by atoms with E-state index in [-0.39, 0.29) is 11.0 Å². The minimum Gasteiger partial charge on any atom is -0.298 e. The summed E-state index contributed by atoms with van der Waals surface area (Å²) in [6.45, 7) is 5.11. The van der Waals surface area contributed by atoms with Crippen LogP contribution in [0.15, 0.2) is 34.7 Å². The van der Waals surface area contributed by atoms with Gasteiger partial charge in [0.1, 0.15) is 5.82 Å². The van der Waals surface area contributed by atoms with Gasteiger partial charge in [-0.3, -0.25) is 14.8 Å². The molecular weight excluding hydrogens is 338 g/mol. The van der Waals surface area contributed by atoms with Crippen molar-refractivity contribution in [3.05, 3.63) is 51.7 Å². The first-order chi connectivity index (χ1) is 13.2. The number of rotatable bonds is 4. The Bertz CT molecular complexity index is 976. The largest absolute Gasteiger partial charge is 0.298 e. The average molecular weight is 365 g/mol. The molecule has 0 spiro atoms. The molecule has 3 heterocycles. The molecule has 0 aromatic carbocycles. The van der Waals surface area contributed by atoms with Gasteiger partial charge >= 0.3 is 0 Å². The Morgan fingerprint density at radius 3 is 2.78 bits per heavy atom. The summed E-state index contributed by atoms with van der Waals surface area (Å²) in [4.78, 5) is 24.5. The van der Waals surface area contributed by atoms with Crippen molar-refractivity contribution in [2.45, 2.75) is 57.4 Å². The first-order valence-electron chi connectivity index (χ1n) is 10.3. The second-order valence-electron chi connectivity index (χ2n) is 8.26. The van der Waals surface area contributed by atoms with Crippen molar-refractivity contribution < 1.29 is 0 Å². The lowest BCUT2D eigenvalue weighted by Gasteiger charge is -2.18. The number of aromatic nitrogens is 4. The van der Waals surface area contributed by atoms with E-state index in [4.69, 9.17) is 9.97 Å². The second kappa shape index (κ2) is 6.44. The summed E-state index contributed by atoms with van der Waals surface area (Å²) >= 11 is 0. The van der Waals surface area contributed by atoms with Gasteiger partial charge < -0.3 is 0 Å². The fraction of sp³-hybridized carbons (Fsp3) is 0.571. The van der Waals surface area contributed by atoms with Crippen LogP contribution in [0.2, 0.25) is 0 Å². The van der Waals surface area contributed by atoms with Crippen molar-refractivity contribution in [3.8, 4) is 0 Å². The molecule has 1 saturated heterocycles. The molecule has 6 nitrogen and oxygen atoms in total. The normalized spacial score (nSPS) is 28.0. The fourth-order valence-electron chi connectivity index (χ4n) is 4.60. The molecule has 1 saturated carbocycles. The third-order valence-electron chi connectivity index (χ3n) is 6.39. The SMILES string of the molecule is CCC1=CC2CC2(c2nc3nc(CN4CCCCCC4)cc(=O)n3[nH]2)C=C1. The summed E-state index contributed by atoms with van der Waals surface area (Å²) < 4.78 is 1.50. The van der Waals surface area contributed by atoms with Crippen molar-refractivity contribution in [1.82, 2.24) is 24.5 Å². The van der Waals surface area contributed by atoms with Crippen LogP contribution in [0.25, 0.3) is 5.78 Å². The third-order valence-corrected chi connectivity index (χ3v) is 6.39. The molecule has 2 aliphatic carbocycles. The molecule has 2 fully saturated rings. The van der Waals surface area contributed by atoms with Crippen LogP contribution in [0.5, 0.6) is 0 Å². The predicted octanol–water partition coefficient (Wildman–Crippen LogP) is 2.96. The van der Waals surface area contributed by atoms with E-state index in [2.05, 4.69) is 35.2 Å². The standard InChI is InChI=1S/C21H27N5O/c1-2-15-7-8-21(13-16(21)11-15)19-23-20-22-17(12-18(27)26(20)24-19)14-25-9-5-3-4-6-10-25/h7-8,11-12,16H,2-6,9-10,13-14H2,1H3,(H,22,23,24). The molecule has 142 valence electrons. The number of nitrogens with zero attached hydrogens (tertiary/aromatic N) is 4. The molecule has 0 amide bonds. The molecule has 3 aliphatic rings. The molecule has 2 aromatic rings. The zero-order valence-electron chi connectivity index (χ0n) is 15.9. The van der Waals surface area contributed by atoms with Crippen molar-refractivity contribution in [2.24, 2.45) is 5.92 Å². The molecule has 2 aromatic heterocycles. The van der Waals surface area contributed by atoms with Crippen LogP contribution in [0.1, 0.15) is 57.0 Å². The molecule has 0 bridgehead atoms. The minimum absolute atomic E-state index is 0.0657. The molecule has 1 N–H and O–H groups in total. The molecule has 5 rings (SSSR count). The Balaban J connectivity index is 1.43. The zero-order valence-corrected chi connectivity index (χ0v) is 15.9. The van der Waals surface area contributed by atoms with Gasteiger partial charge in [-0.05, 0) is 44.7 Å². The molecular formula is C21H27N5O. The maximum absolute atomic E-state index is 12.6. The van der Waals surface area contributed by atoms with E-state index in [1.807, 2.05) is 0 Å². The van der Waals surface area contributed by atoms with Crippen molar-refractivity contribution in [3.63, 3.8) is 0 Å². The highest BCUT2D eigenvalue weighted by molar-refractivity contribution is 5.45. The summed E-state index contributed by atoms with van der Waals surface area (Å²) in [5.74, 6) is 1.86. The highest BCUT2D eigenvalue weighted by Gasteiger charge is 2.55. The Morgan fingerprint density at radius 2 is 2.04 bits per heavy atom. The Morgan fingerprint density at radius 1 is 1.22 bits per heavy atom. The lowest BCUT2D eigenvalue weighted by atomic mass is 9.94. The maximum Gasteiger partial charge on any atom is 0.274 e. The number of likely N-dealkylation sites (tertiary alicyclic amines) is 1. The number of hydrogen-bond donors (Lipinski definition) is 1. The summed E-state index contributed by atoms with van der Waals surface area (Å²) in [6, 6.07) is 1.66. The fourth-order valence-corrected chi connectivity index (χ4v) is 4.60. The molecule has 6 heteroatoms. The lowest BCUT2D eigenvalue weighted by Crippen LogP contribution is -2.26. The maximum atomic E-state index is 12.6. The van der Waals surface area contributed by atoms with Crippen molar-refractivity contribution in [2.75, 3.05) is 13.1 Å². The first-order valence-corrected chi connectivity index (χ1v) is 10.3. The minimum atomic E-state index is -0.0678. The molecule has 1 aliphatic heterocycles. The van der Waals surface area contributed by atoms with E-state index in [1.165, 1.54) is 35.8 Å². The van der Waals surface area contributed by atoms with Gasteiger partial charge in [0.2, 0.25) is 0 Å². The number of H-pyrrole nitrogens is 1. The molecule has 27 heavy (non-hydrogen) atoms. The number of aromatic amines is 1. The predicted molar refractivity (Wildman–Crippen MR) is 105 cm³/mol. The van der Waals surface area contributed by atoms with Crippen molar-refractivity contribution in [1.29, 1.82) is 0 Å². The van der Waals surface area contributed by atoms with Gasteiger partial charge in [-0.25, -0.2) is 4.98 Å². The quantitative estimate of drug-likeness (QED) is 0.905. The number of fused-ring (bicyclic) bond motifs is 2. The average Bonchev–Trinajstić information content (AvgIpc) is 3.33.